The summed E-state index contributed by atoms with van der Waals surface area (Å²) in [6.07, 6.45) is 13.3. The van der Waals surface area contributed by atoms with Gasteiger partial charge in [0.15, 0.2) is 0 Å². The van der Waals surface area contributed by atoms with Crippen LogP contribution in [-0.4, -0.2) is 18.1 Å². The predicted octanol–water partition coefficient (Wildman–Crippen LogP) is 3.82. The Labute approximate surface area is 118 Å². The Kier molecular flexibility index (Phi) is 5.84. The van der Waals surface area contributed by atoms with Crippen molar-refractivity contribution >= 4 is 0 Å². The Hall–Kier alpha value is -0.890. The van der Waals surface area contributed by atoms with Gasteiger partial charge in [-0.15, -0.1) is 0 Å². The van der Waals surface area contributed by atoms with Crippen LogP contribution in [0, 0.1) is 11.8 Å². The fourth-order valence-corrected chi connectivity index (χ4v) is 3.71. The van der Waals surface area contributed by atoms with Crippen LogP contribution >= 0.6 is 0 Å². The largest absolute Gasteiger partial charge is 0.317 e. The second kappa shape index (κ2) is 7.64. The molecule has 0 spiro atoms. The molecule has 0 aromatic carbocycles. The molecule has 2 heteroatoms. The lowest BCUT2D eigenvalue weighted by Gasteiger charge is -2.37. The molecule has 2 rings (SSSR count). The highest BCUT2D eigenvalue weighted by atomic mass is 14.9. The number of aromatic nitrogens is 1. The molecule has 2 nitrogen and oxygen atoms in total. The second-order valence-electron chi connectivity index (χ2n) is 5.91. The van der Waals surface area contributed by atoms with Crippen LogP contribution in [0.4, 0.5) is 0 Å². The molecule has 19 heavy (non-hydrogen) atoms. The maximum atomic E-state index is 4.21. The summed E-state index contributed by atoms with van der Waals surface area (Å²) in [5, 5.41) is 3.59. The van der Waals surface area contributed by atoms with Crippen LogP contribution in [0.1, 0.15) is 51.0 Å². The lowest BCUT2D eigenvalue weighted by atomic mass is 9.73. The van der Waals surface area contributed by atoms with Crippen molar-refractivity contribution in [1.29, 1.82) is 0 Å². The maximum absolute atomic E-state index is 4.21. The molecule has 1 aromatic heterocycles. The molecule has 1 fully saturated rings. The maximum Gasteiger partial charge on any atom is 0.0299 e. The van der Waals surface area contributed by atoms with Gasteiger partial charge in [0.1, 0.15) is 0 Å². The molecule has 1 aliphatic rings. The Morgan fingerprint density at radius 1 is 1.37 bits per heavy atom. The van der Waals surface area contributed by atoms with Crippen molar-refractivity contribution in [3.05, 3.63) is 30.1 Å². The van der Waals surface area contributed by atoms with Gasteiger partial charge < -0.3 is 5.32 Å². The lowest BCUT2D eigenvalue weighted by molar-refractivity contribution is 0.174. The van der Waals surface area contributed by atoms with Crippen molar-refractivity contribution in [3.63, 3.8) is 0 Å². The molecule has 0 saturated heterocycles. The van der Waals surface area contributed by atoms with Crippen LogP contribution in [0.5, 0.6) is 0 Å². The number of nitrogens with zero attached hydrogens (tertiary/aromatic N) is 1. The summed E-state index contributed by atoms with van der Waals surface area (Å²) in [5.74, 6) is 1.81. The molecule has 0 aliphatic heterocycles. The standard InChI is InChI=1S/C17H28N2/c1-3-15-8-4-5-9-16(15)17(18-2)11-10-14-7-6-12-19-13-14/h6-7,12-13,15-18H,3-5,8-11H2,1-2H3. The molecule has 1 N–H and O–H groups in total. The van der Waals surface area contributed by atoms with Crippen molar-refractivity contribution < 1.29 is 0 Å². The molecule has 1 aliphatic carbocycles. The summed E-state index contributed by atoms with van der Waals surface area (Å²) in [6.45, 7) is 2.36. The number of hydrogen-bond donors (Lipinski definition) is 1. The molecule has 1 heterocycles. The topological polar surface area (TPSA) is 24.9 Å². The van der Waals surface area contributed by atoms with Gasteiger partial charge in [0.05, 0.1) is 0 Å². The summed E-state index contributed by atoms with van der Waals surface area (Å²) in [7, 11) is 2.13. The lowest BCUT2D eigenvalue weighted by Crippen LogP contribution is -2.39. The third-order valence-corrected chi connectivity index (χ3v) is 4.85. The van der Waals surface area contributed by atoms with E-state index in [-0.39, 0.29) is 0 Å². The van der Waals surface area contributed by atoms with E-state index in [9.17, 15) is 0 Å². The minimum absolute atomic E-state index is 0.672. The zero-order chi connectivity index (χ0) is 13.5. The van der Waals surface area contributed by atoms with Crippen LogP contribution < -0.4 is 5.32 Å². The first-order chi connectivity index (χ1) is 9.35. The van der Waals surface area contributed by atoms with E-state index in [1.807, 2.05) is 18.5 Å². The Bertz CT molecular complexity index is 350. The summed E-state index contributed by atoms with van der Waals surface area (Å²) in [5.41, 5.74) is 1.37. The Morgan fingerprint density at radius 3 is 2.89 bits per heavy atom. The molecular weight excluding hydrogens is 232 g/mol. The average Bonchev–Trinajstić information content (AvgIpc) is 2.49. The van der Waals surface area contributed by atoms with E-state index < -0.39 is 0 Å². The highest BCUT2D eigenvalue weighted by molar-refractivity contribution is 5.08. The van der Waals surface area contributed by atoms with Gasteiger partial charge in [-0.25, -0.2) is 0 Å². The van der Waals surface area contributed by atoms with Crippen molar-refractivity contribution in [2.24, 2.45) is 11.8 Å². The second-order valence-corrected chi connectivity index (χ2v) is 5.91. The van der Waals surface area contributed by atoms with Crippen LogP contribution in [0.2, 0.25) is 0 Å². The van der Waals surface area contributed by atoms with Gasteiger partial charge in [0.2, 0.25) is 0 Å². The first-order valence-corrected chi connectivity index (χ1v) is 7.91. The first kappa shape index (κ1) is 14.5. The van der Waals surface area contributed by atoms with Gasteiger partial charge in [-0.05, 0) is 49.8 Å². The van der Waals surface area contributed by atoms with Gasteiger partial charge in [0.25, 0.3) is 0 Å². The summed E-state index contributed by atoms with van der Waals surface area (Å²) < 4.78 is 0. The Morgan fingerprint density at radius 2 is 2.21 bits per heavy atom. The van der Waals surface area contributed by atoms with Crippen molar-refractivity contribution in [1.82, 2.24) is 10.3 Å². The highest BCUT2D eigenvalue weighted by Crippen LogP contribution is 2.35. The van der Waals surface area contributed by atoms with Gasteiger partial charge in [0, 0.05) is 18.4 Å². The molecule has 0 amide bonds. The molecule has 0 radical (unpaired) electrons. The quantitative estimate of drug-likeness (QED) is 0.841. The normalized spacial score (nSPS) is 25.2. The number of hydrogen-bond acceptors (Lipinski definition) is 2. The van der Waals surface area contributed by atoms with Gasteiger partial charge in [-0.2, -0.15) is 0 Å². The number of aryl methyl sites for hydroxylation is 1. The molecule has 1 aromatic rings. The van der Waals surface area contributed by atoms with Gasteiger partial charge >= 0.3 is 0 Å². The van der Waals surface area contributed by atoms with E-state index >= 15 is 0 Å². The molecule has 1 saturated carbocycles. The summed E-state index contributed by atoms with van der Waals surface area (Å²) >= 11 is 0. The van der Waals surface area contributed by atoms with Crippen LogP contribution in [-0.2, 0) is 6.42 Å². The average molecular weight is 260 g/mol. The molecule has 3 atom stereocenters. The van der Waals surface area contributed by atoms with Crippen molar-refractivity contribution in [2.75, 3.05) is 7.05 Å². The van der Waals surface area contributed by atoms with Gasteiger partial charge in [-0.3, -0.25) is 4.98 Å². The zero-order valence-electron chi connectivity index (χ0n) is 12.4. The minimum Gasteiger partial charge on any atom is -0.317 e. The summed E-state index contributed by atoms with van der Waals surface area (Å²) in [6, 6.07) is 4.90. The van der Waals surface area contributed by atoms with Crippen molar-refractivity contribution in [3.8, 4) is 0 Å². The number of rotatable bonds is 6. The third kappa shape index (κ3) is 4.04. The van der Waals surface area contributed by atoms with Crippen LogP contribution in [0.3, 0.4) is 0 Å². The highest BCUT2D eigenvalue weighted by Gasteiger charge is 2.29. The zero-order valence-corrected chi connectivity index (χ0v) is 12.4. The van der Waals surface area contributed by atoms with Gasteiger partial charge in [-0.1, -0.05) is 38.7 Å². The smallest absolute Gasteiger partial charge is 0.0299 e. The monoisotopic (exact) mass is 260 g/mol. The van der Waals surface area contributed by atoms with E-state index in [2.05, 4.69) is 30.3 Å². The Balaban J connectivity index is 1.91. The molecule has 0 bridgehead atoms. The fraction of sp³-hybridized carbons (Fsp3) is 0.706. The number of pyridine rings is 1. The van der Waals surface area contributed by atoms with E-state index in [0.717, 1.165) is 18.3 Å². The van der Waals surface area contributed by atoms with E-state index in [1.165, 1.54) is 44.1 Å². The van der Waals surface area contributed by atoms with E-state index in [4.69, 9.17) is 0 Å². The van der Waals surface area contributed by atoms with Crippen molar-refractivity contribution in [2.45, 2.75) is 57.9 Å². The first-order valence-electron chi connectivity index (χ1n) is 7.91. The van der Waals surface area contributed by atoms with E-state index in [0.29, 0.717) is 6.04 Å². The number of nitrogens with one attached hydrogen (secondary N) is 1. The molecular formula is C17H28N2. The SMILES string of the molecule is CCC1CCCCC1C(CCc1cccnc1)NC. The fourth-order valence-electron chi connectivity index (χ4n) is 3.71. The molecule has 3 unspecified atom stereocenters. The third-order valence-electron chi connectivity index (χ3n) is 4.85. The summed E-state index contributed by atoms with van der Waals surface area (Å²) in [4.78, 5) is 4.21. The predicted molar refractivity (Wildman–Crippen MR) is 81.1 cm³/mol. The van der Waals surface area contributed by atoms with Crippen LogP contribution in [0.15, 0.2) is 24.5 Å². The van der Waals surface area contributed by atoms with E-state index in [1.54, 1.807) is 0 Å². The minimum atomic E-state index is 0.672. The van der Waals surface area contributed by atoms with Crippen LogP contribution in [0.25, 0.3) is 0 Å². The molecule has 106 valence electrons.